The first kappa shape index (κ1) is 18.5. The minimum absolute atomic E-state index is 0.247. The highest BCUT2D eigenvalue weighted by molar-refractivity contribution is 9.10. The number of carbonyl (C=O) groups is 2. The van der Waals surface area contributed by atoms with Crippen molar-refractivity contribution >= 4 is 44.9 Å². The molecule has 1 fully saturated rings. The van der Waals surface area contributed by atoms with Gasteiger partial charge in [-0.05, 0) is 53.2 Å². The molecule has 26 heavy (non-hydrogen) atoms. The summed E-state index contributed by atoms with van der Waals surface area (Å²) in [7, 11) is 3.12. The normalized spacial score (nSPS) is 15.7. The molecule has 0 aromatic heterocycles. The summed E-state index contributed by atoms with van der Waals surface area (Å²) in [4.78, 5) is 26.5. The van der Waals surface area contributed by atoms with Gasteiger partial charge in [0.15, 0.2) is 0 Å². The van der Waals surface area contributed by atoms with Gasteiger partial charge in [0, 0.05) is 10.5 Å². The van der Waals surface area contributed by atoms with E-state index >= 15 is 0 Å². The summed E-state index contributed by atoms with van der Waals surface area (Å²) in [5, 5.41) is -0.279. The van der Waals surface area contributed by atoms with Gasteiger partial charge in [-0.15, -0.1) is 0 Å². The Labute approximate surface area is 164 Å². The molecule has 3 rings (SSSR count). The molecule has 0 atom stereocenters. The minimum Gasteiger partial charge on any atom is -0.497 e. The maximum Gasteiger partial charge on any atom is 0.293 e. The molecule has 1 saturated heterocycles. The third-order valence-corrected chi connectivity index (χ3v) is 5.24. The summed E-state index contributed by atoms with van der Waals surface area (Å²) in [6, 6.07) is 12.8. The van der Waals surface area contributed by atoms with Gasteiger partial charge in [0.05, 0.1) is 25.7 Å². The summed E-state index contributed by atoms with van der Waals surface area (Å²) in [6.45, 7) is 0.247. The van der Waals surface area contributed by atoms with E-state index in [0.717, 1.165) is 27.4 Å². The fraction of sp³-hybridized carbons (Fsp3) is 0.158. The summed E-state index contributed by atoms with van der Waals surface area (Å²) in [5.41, 5.74) is 1.62. The smallest absolute Gasteiger partial charge is 0.293 e. The van der Waals surface area contributed by atoms with Crippen molar-refractivity contribution in [2.45, 2.75) is 6.54 Å². The maximum absolute atomic E-state index is 12.6. The van der Waals surface area contributed by atoms with Crippen LogP contribution in [0.1, 0.15) is 11.1 Å². The molecule has 7 heteroatoms. The molecule has 0 bridgehead atoms. The zero-order valence-corrected chi connectivity index (χ0v) is 16.6. The van der Waals surface area contributed by atoms with Crippen LogP contribution in [-0.2, 0) is 11.3 Å². The second-order valence-corrected chi connectivity index (χ2v) is 7.45. The van der Waals surface area contributed by atoms with Crippen LogP contribution in [0.4, 0.5) is 4.79 Å². The lowest BCUT2D eigenvalue weighted by molar-refractivity contribution is -0.123. The Morgan fingerprint density at radius 3 is 2.23 bits per heavy atom. The molecule has 0 radical (unpaired) electrons. The maximum atomic E-state index is 12.6. The summed E-state index contributed by atoms with van der Waals surface area (Å²) in [6.07, 6.45) is 1.68. The summed E-state index contributed by atoms with van der Waals surface area (Å²) < 4.78 is 11.4. The minimum atomic E-state index is -0.301. The van der Waals surface area contributed by atoms with Gasteiger partial charge in [0.2, 0.25) is 0 Å². The number of benzene rings is 2. The van der Waals surface area contributed by atoms with E-state index in [1.807, 2.05) is 24.3 Å². The number of imide groups is 1. The number of nitrogens with zero attached hydrogens (tertiary/aromatic N) is 1. The molecule has 0 unspecified atom stereocenters. The number of thioether (sulfide) groups is 1. The number of amides is 2. The molecular weight excluding hydrogens is 418 g/mol. The van der Waals surface area contributed by atoms with Crippen LogP contribution >= 0.6 is 27.7 Å². The first-order valence-corrected chi connectivity index (χ1v) is 9.34. The Morgan fingerprint density at radius 2 is 1.65 bits per heavy atom. The van der Waals surface area contributed by atoms with Crippen molar-refractivity contribution in [3.63, 3.8) is 0 Å². The molecule has 2 aromatic carbocycles. The predicted octanol–water partition coefficient (Wildman–Crippen LogP) is 4.70. The van der Waals surface area contributed by atoms with Crippen molar-refractivity contribution < 1.29 is 19.1 Å². The Hall–Kier alpha value is -2.25. The molecule has 2 amide bonds. The van der Waals surface area contributed by atoms with Crippen LogP contribution in [0.3, 0.4) is 0 Å². The van der Waals surface area contributed by atoms with Gasteiger partial charge in [0.1, 0.15) is 11.5 Å². The molecule has 0 N–H and O–H groups in total. The lowest BCUT2D eigenvalue weighted by Crippen LogP contribution is -2.27. The highest BCUT2D eigenvalue weighted by Crippen LogP contribution is 2.34. The average molecular weight is 434 g/mol. The van der Waals surface area contributed by atoms with E-state index < -0.39 is 0 Å². The molecule has 0 aliphatic carbocycles. The van der Waals surface area contributed by atoms with E-state index in [1.54, 1.807) is 38.5 Å². The van der Waals surface area contributed by atoms with Crippen LogP contribution < -0.4 is 9.47 Å². The number of carbonyl (C=O) groups excluding carboxylic acids is 2. The zero-order chi connectivity index (χ0) is 18.7. The number of halogens is 1. The summed E-state index contributed by atoms with van der Waals surface area (Å²) in [5.74, 6) is 0.930. The predicted molar refractivity (Wildman–Crippen MR) is 105 cm³/mol. The number of rotatable bonds is 5. The van der Waals surface area contributed by atoms with E-state index in [1.165, 1.54) is 4.90 Å². The average Bonchev–Trinajstić information content (AvgIpc) is 2.90. The van der Waals surface area contributed by atoms with E-state index in [4.69, 9.17) is 9.47 Å². The van der Waals surface area contributed by atoms with Crippen molar-refractivity contribution in [3.05, 3.63) is 63.0 Å². The van der Waals surface area contributed by atoms with Gasteiger partial charge >= 0.3 is 0 Å². The number of hydrogen-bond donors (Lipinski definition) is 0. The van der Waals surface area contributed by atoms with Crippen LogP contribution in [0.5, 0.6) is 11.5 Å². The fourth-order valence-corrected chi connectivity index (χ4v) is 3.58. The largest absolute Gasteiger partial charge is 0.497 e. The van der Waals surface area contributed by atoms with Gasteiger partial charge < -0.3 is 9.47 Å². The fourth-order valence-electron chi connectivity index (χ4n) is 2.47. The molecule has 134 valence electrons. The monoisotopic (exact) mass is 433 g/mol. The molecule has 5 nitrogen and oxygen atoms in total. The molecule has 1 aliphatic heterocycles. The Balaban J connectivity index is 1.84. The van der Waals surface area contributed by atoms with Crippen LogP contribution in [0.25, 0.3) is 6.08 Å². The molecule has 2 aromatic rings. The van der Waals surface area contributed by atoms with Gasteiger partial charge in [-0.2, -0.15) is 0 Å². The molecule has 1 heterocycles. The van der Waals surface area contributed by atoms with Gasteiger partial charge in [0.25, 0.3) is 11.1 Å². The second-order valence-electron chi connectivity index (χ2n) is 5.54. The summed E-state index contributed by atoms with van der Waals surface area (Å²) >= 11 is 4.30. The highest BCUT2D eigenvalue weighted by atomic mass is 79.9. The highest BCUT2D eigenvalue weighted by Gasteiger charge is 2.35. The first-order valence-electron chi connectivity index (χ1n) is 7.73. The Morgan fingerprint density at radius 1 is 1.04 bits per heavy atom. The number of methoxy groups -OCH3 is 2. The van der Waals surface area contributed by atoms with E-state index in [-0.39, 0.29) is 17.7 Å². The first-order chi connectivity index (χ1) is 12.5. The molecule has 0 saturated carbocycles. The molecule has 1 aliphatic rings. The topological polar surface area (TPSA) is 55.8 Å². The zero-order valence-electron chi connectivity index (χ0n) is 14.2. The van der Waals surface area contributed by atoms with Gasteiger partial charge in [-0.1, -0.05) is 28.1 Å². The van der Waals surface area contributed by atoms with E-state index in [2.05, 4.69) is 15.9 Å². The third-order valence-electron chi connectivity index (χ3n) is 3.80. The van der Waals surface area contributed by atoms with Gasteiger partial charge in [-0.25, -0.2) is 0 Å². The molecule has 0 spiro atoms. The van der Waals surface area contributed by atoms with E-state index in [0.29, 0.717) is 16.4 Å². The SMILES string of the molecule is COc1cc(/C=C2\SC(=O)N(Cc3ccc(Br)cc3)C2=O)cc(OC)c1. The van der Waals surface area contributed by atoms with Crippen molar-refractivity contribution in [3.8, 4) is 11.5 Å². The quantitative estimate of drug-likeness (QED) is 0.639. The lowest BCUT2D eigenvalue weighted by atomic mass is 10.1. The number of ether oxygens (including phenoxy) is 2. The van der Waals surface area contributed by atoms with Crippen molar-refractivity contribution in [1.29, 1.82) is 0 Å². The Kier molecular flexibility index (Phi) is 5.68. The standard InChI is InChI=1S/C19H16BrNO4S/c1-24-15-7-13(8-16(10-15)25-2)9-17-18(22)21(19(23)26-17)11-12-3-5-14(20)6-4-12/h3-10H,11H2,1-2H3/b17-9-. The van der Waals surface area contributed by atoms with Gasteiger partial charge in [-0.3, -0.25) is 14.5 Å². The molecular formula is C19H16BrNO4S. The van der Waals surface area contributed by atoms with E-state index in [9.17, 15) is 9.59 Å². The van der Waals surface area contributed by atoms with Crippen molar-refractivity contribution in [1.82, 2.24) is 4.90 Å². The van der Waals surface area contributed by atoms with Crippen LogP contribution in [0.15, 0.2) is 51.8 Å². The van der Waals surface area contributed by atoms with Crippen LogP contribution in [0, 0.1) is 0 Å². The lowest BCUT2D eigenvalue weighted by Gasteiger charge is -2.12. The Bertz CT molecular complexity index is 857. The second kappa shape index (κ2) is 7.97. The number of hydrogen-bond acceptors (Lipinski definition) is 5. The van der Waals surface area contributed by atoms with Crippen molar-refractivity contribution in [2.75, 3.05) is 14.2 Å². The van der Waals surface area contributed by atoms with Crippen molar-refractivity contribution in [2.24, 2.45) is 0 Å². The van der Waals surface area contributed by atoms with Crippen LogP contribution in [0.2, 0.25) is 0 Å². The van der Waals surface area contributed by atoms with Crippen LogP contribution in [-0.4, -0.2) is 30.3 Å². The third kappa shape index (κ3) is 4.11.